The highest BCUT2D eigenvalue weighted by atomic mass is 16.2. The Morgan fingerprint density at radius 3 is 1.94 bits per heavy atom. The van der Waals surface area contributed by atoms with Crippen LogP contribution in [0.4, 0.5) is 0 Å². The Morgan fingerprint density at radius 1 is 0.818 bits per heavy atom. The largest absolute Gasteiger partial charge is 0.332 e. The number of quaternary nitrogens is 1. The second-order valence-electron chi connectivity index (χ2n) is 8.66. The highest BCUT2D eigenvalue weighted by molar-refractivity contribution is 5.71. The quantitative estimate of drug-likeness (QED) is 0.428. The molecule has 0 aliphatic heterocycles. The lowest BCUT2D eigenvalue weighted by Crippen LogP contribution is -3.08. The van der Waals surface area contributed by atoms with Crippen LogP contribution in [0.5, 0.6) is 0 Å². The Morgan fingerprint density at radius 2 is 1.39 bits per heavy atom. The fourth-order valence-electron chi connectivity index (χ4n) is 4.36. The first-order valence-electron chi connectivity index (χ1n) is 11.6. The number of hydrogen-bond acceptors (Lipinski definition) is 3. The number of nitrogens with one attached hydrogen (secondary N) is 1. The second-order valence-corrected chi connectivity index (χ2v) is 8.66. The van der Waals surface area contributed by atoms with Gasteiger partial charge in [-0.15, -0.1) is 0 Å². The summed E-state index contributed by atoms with van der Waals surface area (Å²) in [5.74, 6) is 0.846. The summed E-state index contributed by atoms with van der Waals surface area (Å²) in [7, 11) is 3.22. The molecule has 2 heterocycles. The molecule has 1 N–H and O–H groups in total. The van der Waals surface area contributed by atoms with Crippen LogP contribution in [0.1, 0.15) is 36.7 Å². The Labute approximate surface area is 193 Å². The fourth-order valence-corrected chi connectivity index (χ4v) is 4.36. The Bertz CT molecular complexity index is 1300. The Hall–Kier alpha value is -3.45. The van der Waals surface area contributed by atoms with Gasteiger partial charge in [0.05, 0.1) is 0 Å². The molecule has 0 fully saturated rings. The van der Waals surface area contributed by atoms with E-state index < -0.39 is 0 Å². The SMILES string of the molecule is CCCCn1c(C[NH+](Cc2ccccc2)Cc2ccccc2)nc2c1c(=O)n(C)c(=O)n2C. The van der Waals surface area contributed by atoms with Gasteiger partial charge in [0.25, 0.3) is 5.56 Å². The highest BCUT2D eigenvalue weighted by Gasteiger charge is 2.22. The third-order valence-electron chi connectivity index (χ3n) is 6.16. The monoisotopic (exact) mass is 446 g/mol. The van der Waals surface area contributed by atoms with E-state index in [2.05, 4.69) is 55.5 Å². The Kier molecular flexibility index (Phi) is 6.89. The molecule has 0 atom stereocenters. The number of fused-ring (bicyclic) bond motifs is 1. The van der Waals surface area contributed by atoms with Crippen molar-refractivity contribution >= 4 is 11.2 Å². The molecule has 7 nitrogen and oxygen atoms in total. The first kappa shape index (κ1) is 22.7. The summed E-state index contributed by atoms with van der Waals surface area (Å²) in [6.07, 6.45) is 1.95. The summed E-state index contributed by atoms with van der Waals surface area (Å²) in [5, 5.41) is 0. The summed E-state index contributed by atoms with van der Waals surface area (Å²) in [5.41, 5.74) is 2.85. The van der Waals surface area contributed by atoms with Crippen LogP contribution in [0.3, 0.4) is 0 Å². The van der Waals surface area contributed by atoms with Crippen molar-refractivity contribution in [3.05, 3.63) is 98.5 Å². The van der Waals surface area contributed by atoms with E-state index >= 15 is 0 Å². The van der Waals surface area contributed by atoms with Crippen LogP contribution in [0.2, 0.25) is 0 Å². The molecule has 0 amide bonds. The smallest absolute Gasteiger partial charge is 0.321 e. The van der Waals surface area contributed by atoms with Gasteiger partial charge in [-0.3, -0.25) is 13.9 Å². The van der Waals surface area contributed by atoms with Crippen molar-refractivity contribution in [1.29, 1.82) is 0 Å². The van der Waals surface area contributed by atoms with E-state index in [9.17, 15) is 9.59 Å². The Balaban J connectivity index is 1.78. The van der Waals surface area contributed by atoms with Gasteiger partial charge in [0.2, 0.25) is 0 Å². The van der Waals surface area contributed by atoms with Gasteiger partial charge < -0.3 is 9.47 Å². The lowest BCUT2D eigenvalue weighted by molar-refractivity contribution is -0.941. The molecule has 0 bridgehead atoms. The second kappa shape index (κ2) is 10.0. The molecule has 4 rings (SSSR count). The summed E-state index contributed by atoms with van der Waals surface area (Å²) in [6, 6.07) is 20.9. The molecule has 7 heteroatoms. The van der Waals surface area contributed by atoms with Crippen LogP contribution >= 0.6 is 0 Å². The first-order chi connectivity index (χ1) is 16.0. The van der Waals surface area contributed by atoms with E-state index in [0.717, 1.165) is 31.8 Å². The van der Waals surface area contributed by atoms with Crippen molar-refractivity contribution in [2.24, 2.45) is 14.1 Å². The van der Waals surface area contributed by atoms with Crippen LogP contribution in [-0.4, -0.2) is 18.7 Å². The molecule has 33 heavy (non-hydrogen) atoms. The van der Waals surface area contributed by atoms with Gasteiger partial charge >= 0.3 is 5.69 Å². The van der Waals surface area contributed by atoms with Gasteiger partial charge in [-0.05, 0) is 6.42 Å². The molecule has 0 spiro atoms. The van der Waals surface area contributed by atoms with E-state index in [1.807, 2.05) is 16.7 Å². The van der Waals surface area contributed by atoms with Gasteiger partial charge in [-0.25, -0.2) is 9.78 Å². The molecule has 0 radical (unpaired) electrons. The molecule has 2 aromatic heterocycles. The zero-order valence-electron chi connectivity index (χ0n) is 19.6. The number of rotatable bonds is 9. The normalized spacial score (nSPS) is 11.5. The van der Waals surface area contributed by atoms with Crippen molar-refractivity contribution in [3.63, 3.8) is 0 Å². The van der Waals surface area contributed by atoms with Gasteiger partial charge in [-0.2, -0.15) is 0 Å². The summed E-state index contributed by atoms with van der Waals surface area (Å²) >= 11 is 0. The maximum absolute atomic E-state index is 13.0. The van der Waals surface area contributed by atoms with Gasteiger partial charge in [0.15, 0.2) is 17.0 Å². The lowest BCUT2D eigenvalue weighted by atomic mass is 10.1. The molecule has 0 unspecified atom stereocenters. The molecule has 0 aliphatic carbocycles. The average Bonchev–Trinajstić information content (AvgIpc) is 3.19. The lowest BCUT2D eigenvalue weighted by Gasteiger charge is -2.20. The standard InChI is InChI=1S/C26H31N5O2/c1-4-5-16-31-22(27-24-23(31)25(32)29(3)26(33)28(24)2)19-30(17-20-12-8-6-9-13-20)18-21-14-10-7-11-15-21/h6-15H,4-5,16-19H2,1-3H3/p+1. The average molecular weight is 447 g/mol. The number of aromatic nitrogens is 4. The number of aryl methyl sites for hydroxylation is 2. The van der Waals surface area contributed by atoms with Crippen LogP contribution in [-0.2, 0) is 40.3 Å². The summed E-state index contributed by atoms with van der Waals surface area (Å²) < 4.78 is 4.70. The van der Waals surface area contributed by atoms with Crippen molar-refractivity contribution in [3.8, 4) is 0 Å². The van der Waals surface area contributed by atoms with E-state index in [0.29, 0.717) is 24.3 Å². The van der Waals surface area contributed by atoms with Gasteiger partial charge in [-0.1, -0.05) is 74.0 Å². The molecule has 0 aliphatic rings. The number of unbranched alkanes of at least 4 members (excludes halogenated alkanes) is 1. The van der Waals surface area contributed by atoms with Crippen LogP contribution in [0, 0.1) is 0 Å². The first-order valence-corrected chi connectivity index (χ1v) is 11.6. The van der Waals surface area contributed by atoms with E-state index in [1.165, 1.54) is 32.2 Å². The van der Waals surface area contributed by atoms with Crippen LogP contribution in [0.15, 0.2) is 70.3 Å². The molecule has 0 saturated carbocycles. The predicted molar refractivity (Wildman–Crippen MR) is 130 cm³/mol. The van der Waals surface area contributed by atoms with Crippen molar-refractivity contribution in [2.45, 2.75) is 45.9 Å². The zero-order valence-corrected chi connectivity index (χ0v) is 19.6. The minimum atomic E-state index is -0.350. The molecule has 172 valence electrons. The van der Waals surface area contributed by atoms with Crippen LogP contribution in [0.25, 0.3) is 11.2 Å². The predicted octanol–water partition coefficient (Wildman–Crippen LogP) is 2.02. The highest BCUT2D eigenvalue weighted by Crippen LogP contribution is 2.12. The molecular formula is C26H32N5O2+. The molecule has 4 aromatic rings. The maximum Gasteiger partial charge on any atom is 0.332 e. The van der Waals surface area contributed by atoms with Crippen molar-refractivity contribution < 1.29 is 4.90 Å². The third-order valence-corrected chi connectivity index (χ3v) is 6.16. The topological polar surface area (TPSA) is 66.3 Å². The van der Waals surface area contributed by atoms with Crippen molar-refractivity contribution in [2.75, 3.05) is 0 Å². The third kappa shape index (κ3) is 4.83. The molecular weight excluding hydrogens is 414 g/mol. The van der Waals surface area contributed by atoms with Crippen molar-refractivity contribution in [1.82, 2.24) is 18.7 Å². The number of imidazole rings is 1. The van der Waals surface area contributed by atoms with Gasteiger partial charge in [0.1, 0.15) is 19.6 Å². The summed E-state index contributed by atoms with van der Waals surface area (Å²) in [6.45, 7) is 5.17. The zero-order chi connectivity index (χ0) is 23.4. The number of nitrogens with zero attached hydrogens (tertiary/aromatic N) is 4. The minimum Gasteiger partial charge on any atom is -0.321 e. The van der Waals surface area contributed by atoms with E-state index in [4.69, 9.17) is 4.98 Å². The minimum absolute atomic E-state index is 0.282. The summed E-state index contributed by atoms with van der Waals surface area (Å²) in [4.78, 5) is 31.7. The number of benzene rings is 2. The molecule has 0 saturated heterocycles. The van der Waals surface area contributed by atoms with Crippen LogP contribution < -0.4 is 16.1 Å². The maximum atomic E-state index is 13.0. The van der Waals surface area contributed by atoms with E-state index in [1.54, 1.807) is 7.05 Å². The fraction of sp³-hybridized carbons (Fsp3) is 0.346. The molecule has 2 aromatic carbocycles. The number of hydrogen-bond donors (Lipinski definition) is 1. The van der Waals surface area contributed by atoms with E-state index in [-0.39, 0.29) is 11.2 Å². The van der Waals surface area contributed by atoms with Gasteiger partial charge in [0, 0.05) is 31.8 Å².